The molecule has 170 valence electrons. The number of hydrogen-bond acceptors (Lipinski definition) is 5. The summed E-state index contributed by atoms with van der Waals surface area (Å²) in [5, 5.41) is 6.26. The highest BCUT2D eigenvalue weighted by Crippen LogP contribution is 2.36. The fourth-order valence-corrected chi connectivity index (χ4v) is 4.30. The van der Waals surface area contributed by atoms with Crippen LogP contribution in [0, 0.1) is 5.82 Å². The van der Waals surface area contributed by atoms with Crippen LogP contribution in [-0.2, 0) is 13.5 Å². The van der Waals surface area contributed by atoms with Gasteiger partial charge in [-0.05, 0) is 47.7 Å². The van der Waals surface area contributed by atoms with Gasteiger partial charge in [0.1, 0.15) is 17.5 Å². The zero-order valence-electron chi connectivity index (χ0n) is 19.0. The molecular formula is C27H25FN6. The van der Waals surface area contributed by atoms with Crippen LogP contribution in [0.5, 0.6) is 0 Å². The van der Waals surface area contributed by atoms with Crippen LogP contribution in [0.3, 0.4) is 0 Å². The van der Waals surface area contributed by atoms with Gasteiger partial charge in [-0.2, -0.15) is 5.10 Å². The van der Waals surface area contributed by atoms with E-state index in [1.807, 2.05) is 68.6 Å². The molecule has 0 saturated carbocycles. The Morgan fingerprint density at radius 1 is 0.941 bits per heavy atom. The number of nitrogens with zero attached hydrogens (tertiary/aromatic N) is 4. The number of pyridine rings is 1. The summed E-state index contributed by atoms with van der Waals surface area (Å²) in [5.74, 6) is 0.540. The number of aryl methyl sites for hydroxylation is 2. The molecule has 3 aromatic carbocycles. The molecule has 0 bridgehead atoms. The van der Waals surface area contributed by atoms with Gasteiger partial charge in [-0.15, -0.1) is 0 Å². The minimum atomic E-state index is -0.616. The molecule has 0 fully saturated rings. The molecule has 2 aromatic heterocycles. The van der Waals surface area contributed by atoms with Gasteiger partial charge in [0, 0.05) is 29.2 Å². The Hall–Kier alpha value is -4.26. The SMILES string of the molecule is CCc1ccc(F)c(C(c2cc3cc(N)ccc3c(N)n2)c2nc(-c3ccccc3)nn2C)c1. The number of fused-ring (bicyclic) bond motifs is 1. The third kappa shape index (κ3) is 3.85. The van der Waals surface area contributed by atoms with E-state index in [1.165, 1.54) is 6.07 Å². The monoisotopic (exact) mass is 452 g/mol. The van der Waals surface area contributed by atoms with Crippen molar-refractivity contribution in [3.8, 4) is 11.4 Å². The van der Waals surface area contributed by atoms with Crippen LogP contribution in [0.1, 0.15) is 35.5 Å². The summed E-state index contributed by atoms with van der Waals surface area (Å²) in [7, 11) is 1.81. The van der Waals surface area contributed by atoms with Crippen LogP contribution in [0.15, 0.2) is 72.8 Å². The Bertz CT molecular complexity index is 1490. The fraction of sp³-hybridized carbons (Fsp3) is 0.148. The number of hydrogen-bond donors (Lipinski definition) is 2. The van der Waals surface area contributed by atoms with Gasteiger partial charge in [0.25, 0.3) is 0 Å². The number of halogens is 1. The minimum absolute atomic E-state index is 0.334. The first-order valence-electron chi connectivity index (χ1n) is 11.1. The van der Waals surface area contributed by atoms with Crippen molar-refractivity contribution in [2.45, 2.75) is 19.3 Å². The summed E-state index contributed by atoms with van der Waals surface area (Å²) >= 11 is 0. The van der Waals surface area contributed by atoms with Crippen molar-refractivity contribution in [3.05, 3.63) is 101 Å². The van der Waals surface area contributed by atoms with Gasteiger partial charge in [0.05, 0.1) is 11.6 Å². The third-order valence-corrected chi connectivity index (χ3v) is 6.07. The molecule has 1 unspecified atom stereocenters. The molecule has 0 amide bonds. The van der Waals surface area contributed by atoms with E-state index in [9.17, 15) is 0 Å². The zero-order chi connectivity index (χ0) is 23.8. The van der Waals surface area contributed by atoms with Crippen LogP contribution in [-0.4, -0.2) is 19.7 Å². The predicted octanol–water partition coefficient (Wildman–Crippen LogP) is 5.08. The molecule has 0 radical (unpaired) electrons. The van der Waals surface area contributed by atoms with Crippen molar-refractivity contribution in [2.24, 2.45) is 7.05 Å². The second-order valence-corrected chi connectivity index (χ2v) is 8.34. The first-order chi connectivity index (χ1) is 16.4. The number of anilines is 2. The summed E-state index contributed by atoms with van der Waals surface area (Å²) in [5.41, 5.74) is 15.9. The van der Waals surface area contributed by atoms with Gasteiger partial charge in [-0.3, -0.25) is 4.68 Å². The first-order valence-corrected chi connectivity index (χ1v) is 11.1. The largest absolute Gasteiger partial charge is 0.399 e. The quantitative estimate of drug-likeness (QED) is 0.363. The molecule has 5 rings (SSSR count). The average molecular weight is 453 g/mol. The molecule has 0 saturated heterocycles. The van der Waals surface area contributed by atoms with Gasteiger partial charge in [0.15, 0.2) is 5.82 Å². The maximum atomic E-state index is 15.3. The van der Waals surface area contributed by atoms with E-state index in [1.54, 1.807) is 16.8 Å². The lowest BCUT2D eigenvalue weighted by atomic mass is 9.91. The highest BCUT2D eigenvalue weighted by atomic mass is 19.1. The van der Waals surface area contributed by atoms with Crippen molar-refractivity contribution < 1.29 is 4.39 Å². The molecule has 0 aliphatic carbocycles. The molecule has 0 spiro atoms. The lowest BCUT2D eigenvalue weighted by Gasteiger charge is -2.19. The smallest absolute Gasteiger partial charge is 0.181 e. The topological polar surface area (TPSA) is 95.6 Å². The molecule has 2 heterocycles. The van der Waals surface area contributed by atoms with E-state index < -0.39 is 5.92 Å². The molecule has 6 nitrogen and oxygen atoms in total. The molecular weight excluding hydrogens is 427 g/mol. The van der Waals surface area contributed by atoms with Crippen molar-refractivity contribution in [3.63, 3.8) is 0 Å². The number of nitrogens with two attached hydrogens (primary N) is 2. The normalized spacial score (nSPS) is 12.2. The van der Waals surface area contributed by atoms with Crippen LogP contribution in [0.25, 0.3) is 22.2 Å². The van der Waals surface area contributed by atoms with Crippen molar-refractivity contribution in [1.29, 1.82) is 0 Å². The number of benzene rings is 3. The molecule has 4 N–H and O–H groups in total. The Balaban J connectivity index is 1.76. The lowest BCUT2D eigenvalue weighted by molar-refractivity contribution is 0.591. The summed E-state index contributed by atoms with van der Waals surface area (Å²) in [6.45, 7) is 2.04. The molecule has 7 heteroatoms. The highest BCUT2D eigenvalue weighted by Gasteiger charge is 2.28. The molecule has 0 aliphatic rings. The minimum Gasteiger partial charge on any atom is -0.399 e. The Morgan fingerprint density at radius 3 is 2.50 bits per heavy atom. The average Bonchev–Trinajstić information content (AvgIpc) is 3.22. The highest BCUT2D eigenvalue weighted by molar-refractivity contribution is 5.93. The third-order valence-electron chi connectivity index (χ3n) is 6.07. The fourth-order valence-electron chi connectivity index (χ4n) is 4.30. The Labute approximate surface area is 197 Å². The van der Waals surface area contributed by atoms with Crippen LogP contribution >= 0.6 is 0 Å². The maximum absolute atomic E-state index is 15.3. The maximum Gasteiger partial charge on any atom is 0.181 e. The molecule has 1 atom stereocenters. The van der Waals surface area contributed by atoms with Crippen molar-refractivity contribution >= 4 is 22.3 Å². The number of nitrogen functional groups attached to an aromatic ring is 2. The van der Waals surface area contributed by atoms with E-state index in [0.717, 1.165) is 28.3 Å². The molecule has 0 aliphatic heterocycles. The predicted molar refractivity (Wildman–Crippen MR) is 134 cm³/mol. The summed E-state index contributed by atoms with van der Waals surface area (Å²) in [4.78, 5) is 9.53. The van der Waals surface area contributed by atoms with Crippen LogP contribution < -0.4 is 11.5 Å². The van der Waals surface area contributed by atoms with Crippen LogP contribution in [0.2, 0.25) is 0 Å². The summed E-state index contributed by atoms with van der Waals surface area (Å²) < 4.78 is 17.0. The van der Waals surface area contributed by atoms with Crippen LogP contribution in [0.4, 0.5) is 15.9 Å². The Morgan fingerprint density at radius 2 is 1.74 bits per heavy atom. The van der Waals surface area contributed by atoms with Gasteiger partial charge >= 0.3 is 0 Å². The first kappa shape index (κ1) is 21.6. The van der Waals surface area contributed by atoms with E-state index in [0.29, 0.717) is 34.4 Å². The van der Waals surface area contributed by atoms with E-state index in [2.05, 4.69) is 5.10 Å². The lowest BCUT2D eigenvalue weighted by Crippen LogP contribution is -2.14. The van der Waals surface area contributed by atoms with Crippen molar-refractivity contribution in [1.82, 2.24) is 19.7 Å². The van der Waals surface area contributed by atoms with Gasteiger partial charge in [0.2, 0.25) is 0 Å². The van der Waals surface area contributed by atoms with Gasteiger partial charge < -0.3 is 11.5 Å². The molecule has 34 heavy (non-hydrogen) atoms. The van der Waals surface area contributed by atoms with Gasteiger partial charge in [-0.25, -0.2) is 14.4 Å². The Kier molecular flexibility index (Phi) is 5.45. The standard InChI is InChI=1S/C27H25FN6/c1-3-16-9-12-22(28)21(13-16)24(23-15-18-14-19(29)10-11-20(18)25(30)31-23)27-32-26(33-34(27)2)17-7-5-4-6-8-17/h4-15,24H,3,29H2,1-2H3,(H2,30,31). The number of aromatic nitrogens is 4. The number of rotatable bonds is 5. The van der Waals surface area contributed by atoms with E-state index in [-0.39, 0.29) is 5.82 Å². The zero-order valence-corrected chi connectivity index (χ0v) is 19.0. The van der Waals surface area contributed by atoms with E-state index in [4.69, 9.17) is 21.4 Å². The molecule has 5 aromatic rings. The van der Waals surface area contributed by atoms with Crippen molar-refractivity contribution in [2.75, 3.05) is 11.5 Å². The summed E-state index contributed by atoms with van der Waals surface area (Å²) in [6, 6.07) is 22.3. The van der Waals surface area contributed by atoms with Gasteiger partial charge in [-0.1, -0.05) is 49.4 Å². The van der Waals surface area contributed by atoms with E-state index >= 15 is 4.39 Å². The second-order valence-electron chi connectivity index (χ2n) is 8.34. The summed E-state index contributed by atoms with van der Waals surface area (Å²) in [6.07, 6.45) is 0.776. The second kappa shape index (κ2) is 8.59.